The Morgan fingerprint density at radius 1 is 1.31 bits per heavy atom. The maximum absolute atomic E-state index is 12.3. The fraction of sp³-hybridized carbons (Fsp3) is 0.389. The van der Waals surface area contributed by atoms with Crippen LogP contribution in [0.3, 0.4) is 0 Å². The van der Waals surface area contributed by atoms with E-state index in [0.717, 1.165) is 23.2 Å². The van der Waals surface area contributed by atoms with E-state index >= 15 is 0 Å². The number of carbonyl (C=O) groups excluding carboxylic acids is 2. The lowest BCUT2D eigenvalue weighted by atomic mass is 10.1. The molecular formula is C18H23N5O3. The first-order chi connectivity index (χ1) is 12.6. The number of nitrogens with zero attached hydrogens (tertiary/aromatic N) is 3. The van der Waals surface area contributed by atoms with Crippen LogP contribution in [0.25, 0.3) is 11.1 Å². The van der Waals surface area contributed by atoms with Gasteiger partial charge in [0.2, 0.25) is 0 Å². The Morgan fingerprint density at radius 3 is 2.81 bits per heavy atom. The molecule has 2 aromatic rings. The van der Waals surface area contributed by atoms with Gasteiger partial charge in [-0.05, 0) is 18.9 Å². The third-order valence-corrected chi connectivity index (χ3v) is 4.24. The molecule has 0 aliphatic carbocycles. The number of cyclic esters (lactones) is 1. The van der Waals surface area contributed by atoms with Gasteiger partial charge in [-0.3, -0.25) is 10.00 Å². The largest absolute Gasteiger partial charge is 0.449 e. The van der Waals surface area contributed by atoms with Crippen molar-refractivity contribution in [2.24, 2.45) is 7.05 Å². The third-order valence-electron chi connectivity index (χ3n) is 4.24. The van der Waals surface area contributed by atoms with E-state index in [1.807, 2.05) is 37.3 Å². The molecule has 8 heteroatoms. The van der Waals surface area contributed by atoms with Crippen LogP contribution in [0, 0.1) is 6.92 Å². The van der Waals surface area contributed by atoms with Gasteiger partial charge in [-0.15, -0.1) is 0 Å². The Hall–Kier alpha value is -3.03. The summed E-state index contributed by atoms with van der Waals surface area (Å²) in [7, 11) is 1.79. The minimum atomic E-state index is -0.337. The number of anilines is 1. The molecule has 2 N–H and O–H groups in total. The second-order valence-electron chi connectivity index (χ2n) is 6.13. The summed E-state index contributed by atoms with van der Waals surface area (Å²) in [5.74, 6) is 0.628. The molecule has 0 saturated carbocycles. The molecule has 8 nitrogen and oxygen atoms in total. The number of aryl methyl sites for hydroxylation is 2. The van der Waals surface area contributed by atoms with Crippen molar-refractivity contribution in [3.8, 4) is 11.1 Å². The van der Waals surface area contributed by atoms with Crippen molar-refractivity contribution < 1.29 is 14.3 Å². The topological polar surface area (TPSA) is 88.5 Å². The highest BCUT2D eigenvalue weighted by molar-refractivity contribution is 5.93. The zero-order valence-corrected chi connectivity index (χ0v) is 15.0. The van der Waals surface area contributed by atoms with Gasteiger partial charge in [0.1, 0.15) is 5.82 Å². The lowest BCUT2D eigenvalue weighted by Gasteiger charge is -2.26. The van der Waals surface area contributed by atoms with E-state index in [4.69, 9.17) is 4.74 Å². The van der Waals surface area contributed by atoms with Crippen molar-refractivity contribution in [3.63, 3.8) is 0 Å². The predicted molar refractivity (Wildman–Crippen MR) is 97.9 cm³/mol. The van der Waals surface area contributed by atoms with Gasteiger partial charge in [0.05, 0.1) is 12.3 Å². The highest BCUT2D eigenvalue weighted by Gasteiger charge is 2.20. The molecule has 1 aliphatic heterocycles. The van der Waals surface area contributed by atoms with Crippen LogP contribution in [-0.2, 0) is 11.8 Å². The van der Waals surface area contributed by atoms with Crippen molar-refractivity contribution in [3.05, 3.63) is 36.0 Å². The quantitative estimate of drug-likeness (QED) is 0.860. The fourth-order valence-corrected chi connectivity index (χ4v) is 3.01. The number of hydrogen-bond donors (Lipinski definition) is 2. The Morgan fingerprint density at radius 2 is 2.08 bits per heavy atom. The van der Waals surface area contributed by atoms with E-state index in [-0.39, 0.29) is 12.1 Å². The van der Waals surface area contributed by atoms with E-state index in [1.165, 1.54) is 0 Å². The number of carbonyl (C=O) groups is 2. The van der Waals surface area contributed by atoms with Gasteiger partial charge < -0.3 is 15.0 Å². The number of rotatable bonds is 5. The Kier molecular flexibility index (Phi) is 5.40. The normalized spacial score (nSPS) is 14.1. The molecule has 2 heterocycles. The van der Waals surface area contributed by atoms with Crippen LogP contribution in [0.4, 0.5) is 15.4 Å². The van der Waals surface area contributed by atoms with Gasteiger partial charge in [-0.25, -0.2) is 9.59 Å². The second-order valence-corrected chi connectivity index (χ2v) is 6.13. The molecule has 1 aliphatic rings. The third kappa shape index (κ3) is 3.96. The molecule has 3 rings (SSSR count). The highest BCUT2D eigenvalue weighted by atomic mass is 16.6. The lowest BCUT2D eigenvalue weighted by Crippen LogP contribution is -2.43. The molecule has 3 amide bonds. The summed E-state index contributed by atoms with van der Waals surface area (Å²) in [6, 6.07) is 9.47. The monoisotopic (exact) mass is 357 g/mol. The van der Waals surface area contributed by atoms with Crippen molar-refractivity contribution in [2.75, 3.05) is 31.6 Å². The molecule has 1 fully saturated rings. The van der Waals surface area contributed by atoms with E-state index in [2.05, 4.69) is 15.7 Å². The first-order valence-corrected chi connectivity index (χ1v) is 8.62. The van der Waals surface area contributed by atoms with Crippen LogP contribution < -0.4 is 10.6 Å². The number of nitrogens with one attached hydrogen (secondary N) is 2. The van der Waals surface area contributed by atoms with E-state index in [9.17, 15) is 9.59 Å². The van der Waals surface area contributed by atoms with Crippen LogP contribution in [0.1, 0.15) is 12.1 Å². The minimum absolute atomic E-state index is 0.327. The molecule has 0 bridgehead atoms. The fourth-order valence-electron chi connectivity index (χ4n) is 3.01. The van der Waals surface area contributed by atoms with Gasteiger partial charge in [-0.1, -0.05) is 30.3 Å². The summed E-state index contributed by atoms with van der Waals surface area (Å²) < 4.78 is 6.63. The van der Waals surface area contributed by atoms with E-state index in [1.54, 1.807) is 16.6 Å². The zero-order valence-electron chi connectivity index (χ0n) is 15.0. The summed E-state index contributed by atoms with van der Waals surface area (Å²) in [6.45, 7) is 3.79. The molecule has 0 unspecified atom stereocenters. The molecule has 0 radical (unpaired) electrons. The SMILES string of the molecule is Cc1nn(C)c(NC(=O)NCCN2CCCOC2=O)c1-c1ccccc1. The Bertz CT molecular complexity index is 788. The van der Waals surface area contributed by atoms with Crippen molar-refractivity contribution in [1.82, 2.24) is 20.0 Å². The molecule has 1 aromatic heterocycles. The molecule has 0 atom stereocenters. The van der Waals surface area contributed by atoms with Crippen molar-refractivity contribution in [1.29, 1.82) is 0 Å². The summed E-state index contributed by atoms with van der Waals surface area (Å²) in [5.41, 5.74) is 2.72. The van der Waals surface area contributed by atoms with Crippen LogP contribution in [0.15, 0.2) is 30.3 Å². The second kappa shape index (κ2) is 7.90. The highest BCUT2D eigenvalue weighted by Crippen LogP contribution is 2.30. The zero-order chi connectivity index (χ0) is 18.5. The number of urea groups is 1. The Labute approximate surface area is 152 Å². The van der Waals surface area contributed by atoms with Gasteiger partial charge in [0.25, 0.3) is 0 Å². The van der Waals surface area contributed by atoms with Crippen LogP contribution >= 0.6 is 0 Å². The molecule has 138 valence electrons. The molecular weight excluding hydrogens is 334 g/mol. The summed E-state index contributed by atoms with van der Waals surface area (Å²) in [6.07, 6.45) is 0.485. The van der Waals surface area contributed by atoms with Gasteiger partial charge in [-0.2, -0.15) is 5.10 Å². The Balaban J connectivity index is 1.62. The first kappa shape index (κ1) is 17.8. The lowest BCUT2D eigenvalue weighted by molar-refractivity contribution is 0.0736. The standard InChI is InChI=1S/C18H23N5O3/c1-13-15(14-7-4-3-5-8-14)16(22(2)21-13)20-17(24)19-9-11-23-10-6-12-26-18(23)25/h3-5,7-8H,6,9-12H2,1-2H3,(H2,19,20,24). The van der Waals surface area contributed by atoms with Gasteiger partial charge >= 0.3 is 12.1 Å². The van der Waals surface area contributed by atoms with Crippen LogP contribution in [0.5, 0.6) is 0 Å². The average molecular weight is 357 g/mol. The van der Waals surface area contributed by atoms with Crippen molar-refractivity contribution in [2.45, 2.75) is 13.3 Å². The van der Waals surface area contributed by atoms with Gasteiger partial charge in [0, 0.05) is 32.2 Å². The number of aromatic nitrogens is 2. The molecule has 1 saturated heterocycles. The maximum atomic E-state index is 12.3. The van der Waals surface area contributed by atoms with Crippen LogP contribution in [-0.4, -0.2) is 53.0 Å². The average Bonchev–Trinajstić information content (AvgIpc) is 2.91. The van der Waals surface area contributed by atoms with Crippen LogP contribution in [0.2, 0.25) is 0 Å². The number of benzene rings is 1. The first-order valence-electron chi connectivity index (χ1n) is 8.62. The number of amides is 3. The molecule has 26 heavy (non-hydrogen) atoms. The summed E-state index contributed by atoms with van der Waals surface area (Å²) in [4.78, 5) is 25.4. The van der Waals surface area contributed by atoms with Gasteiger partial charge in [0.15, 0.2) is 0 Å². The molecule has 0 spiro atoms. The summed E-state index contributed by atoms with van der Waals surface area (Å²) >= 11 is 0. The molecule has 1 aromatic carbocycles. The summed E-state index contributed by atoms with van der Waals surface area (Å²) in [5, 5.41) is 10.0. The number of hydrogen-bond acceptors (Lipinski definition) is 4. The predicted octanol–water partition coefficient (Wildman–Crippen LogP) is 2.36. The van der Waals surface area contributed by atoms with E-state index in [0.29, 0.717) is 32.1 Å². The maximum Gasteiger partial charge on any atom is 0.409 e. The smallest absolute Gasteiger partial charge is 0.409 e. The minimum Gasteiger partial charge on any atom is -0.449 e. The number of ether oxygens (including phenoxy) is 1. The van der Waals surface area contributed by atoms with E-state index < -0.39 is 0 Å². The van der Waals surface area contributed by atoms with Crippen molar-refractivity contribution >= 4 is 17.9 Å².